The summed E-state index contributed by atoms with van der Waals surface area (Å²) < 4.78 is 2.05. The van der Waals surface area contributed by atoms with Crippen LogP contribution in [0.15, 0.2) is 116 Å². The summed E-state index contributed by atoms with van der Waals surface area (Å²) in [4.78, 5) is 19.3. The SMILES string of the molecule is c1ccc(-c2cccc(-c3cccc(-c4nc5c(nc6ccccn65)c5ccccc45)c3)n2)nc1. The Balaban J connectivity index is 1.43. The van der Waals surface area contributed by atoms with E-state index in [1.165, 1.54) is 0 Å². The molecule has 0 N–H and O–H groups in total. The van der Waals surface area contributed by atoms with Gasteiger partial charge in [0.05, 0.1) is 22.8 Å². The number of pyridine rings is 4. The van der Waals surface area contributed by atoms with Crippen LogP contribution < -0.4 is 0 Å². The molecule has 5 heteroatoms. The summed E-state index contributed by atoms with van der Waals surface area (Å²) in [6, 6.07) is 34.7. The van der Waals surface area contributed by atoms with Crippen LogP contribution in [0.4, 0.5) is 0 Å². The van der Waals surface area contributed by atoms with Crippen molar-refractivity contribution in [3.05, 3.63) is 116 Å². The summed E-state index contributed by atoms with van der Waals surface area (Å²) in [6.07, 6.45) is 3.80. The maximum Gasteiger partial charge on any atom is 0.165 e. The van der Waals surface area contributed by atoms with Crippen LogP contribution in [0.3, 0.4) is 0 Å². The molecule has 0 fully saturated rings. The fourth-order valence-electron chi connectivity index (χ4n) is 4.63. The van der Waals surface area contributed by atoms with E-state index in [1.807, 2.05) is 65.2 Å². The summed E-state index contributed by atoms with van der Waals surface area (Å²) in [7, 11) is 0. The van der Waals surface area contributed by atoms with Crippen molar-refractivity contribution in [1.82, 2.24) is 24.3 Å². The third-order valence-electron chi connectivity index (χ3n) is 6.27. The van der Waals surface area contributed by atoms with Crippen molar-refractivity contribution >= 4 is 27.6 Å². The Morgan fingerprint density at radius 3 is 2.23 bits per heavy atom. The molecular formula is C30H19N5. The minimum atomic E-state index is 0.851. The van der Waals surface area contributed by atoms with Crippen LogP contribution in [0.5, 0.6) is 0 Å². The molecule has 7 rings (SSSR count). The highest BCUT2D eigenvalue weighted by atomic mass is 15.1. The topological polar surface area (TPSA) is 56.0 Å². The van der Waals surface area contributed by atoms with E-state index in [1.54, 1.807) is 6.20 Å². The highest BCUT2D eigenvalue weighted by molar-refractivity contribution is 6.09. The molecule has 0 saturated heterocycles. The monoisotopic (exact) mass is 449 g/mol. The molecule has 0 saturated carbocycles. The third-order valence-corrected chi connectivity index (χ3v) is 6.27. The number of fused-ring (bicyclic) bond motifs is 5. The molecule has 5 nitrogen and oxygen atoms in total. The number of hydrogen-bond acceptors (Lipinski definition) is 4. The summed E-state index contributed by atoms with van der Waals surface area (Å²) in [6.45, 7) is 0. The second-order valence-corrected chi connectivity index (χ2v) is 8.42. The van der Waals surface area contributed by atoms with Crippen molar-refractivity contribution in [2.45, 2.75) is 0 Å². The van der Waals surface area contributed by atoms with Crippen LogP contribution in [-0.4, -0.2) is 24.3 Å². The van der Waals surface area contributed by atoms with E-state index < -0.39 is 0 Å². The van der Waals surface area contributed by atoms with Gasteiger partial charge in [0.1, 0.15) is 11.2 Å². The minimum absolute atomic E-state index is 0.851. The molecule has 0 bridgehead atoms. The maximum absolute atomic E-state index is 5.13. The zero-order valence-corrected chi connectivity index (χ0v) is 18.7. The molecule has 0 aliphatic rings. The van der Waals surface area contributed by atoms with Crippen LogP contribution in [-0.2, 0) is 0 Å². The molecule has 0 atom stereocenters. The number of rotatable bonds is 3. The van der Waals surface area contributed by atoms with Gasteiger partial charge in [0, 0.05) is 34.3 Å². The molecule has 0 radical (unpaired) electrons. The summed E-state index contributed by atoms with van der Waals surface area (Å²) in [5, 5.41) is 2.17. The number of hydrogen-bond donors (Lipinski definition) is 0. The first kappa shape index (κ1) is 19.6. The minimum Gasteiger partial charge on any atom is -0.284 e. The lowest BCUT2D eigenvalue weighted by Gasteiger charge is -2.10. The lowest BCUT2D eigenvalue weighted by atomic mass is 10.00. The normalized spacial score (nSPS) is 11.4. The Kier molecular flexibility index (Phi) is 4.39. The molecular weight excluding hydrogens is 430 g/mol. The second-order valence-electron chi connectivity index (χ2n) is 8.42. The van der Waals surface area contributed by atoms with Gasteiger partial charge in [0.25, 0.3) is 0 Å². The number of benzene rings is 2. The van der Waals surface area contributed by atoms with Gasteiger partial charge in [-0.3, -0.25) is 9.38 Å². The number of imidazole rings is 1. The second kappa shape index (κ2) is 7.85. The smallest absolute Gasteiger partial charge is 0.165 e. The quantitative estimate of drug-likeness (QED) is 0.297. The van der Waals surface area contributed by atoms with Gasteiger partial charge in [-0.2, -0.15) is 0 Å². The van der Waals surface area contributed by atoms with Crippen molar-refractivity contribution in [3.63, 3.8) is 0 Å². The van der Waals surface area contributed by atoms with Gasteiger partial charge in [-0.05, 0) is 42.5 Å². The van der Waals surface area contributed by atoms with Crippen molar-refractivity contribution in [3.8, 4) is 33.9 Å². The summed E-state index contributed by atoms with van der Waals surface area (Å²) in [5.41, 5.74) is 8.27. The Morgan fingerprint density at radius 1 is 0.543 bits per heavy atom. The van der Waals surface area contributed by atoms with Crippen LogP contribution in [0.2, 0.25) is 0 Å². The van der Waals surface area contributed by atoms with E-state index in [2.05, 4.69) is 53.5 Å². The number of nitrogens with zero attached hydrogens (tertiary/aromatic N) is 5. The first-order chi connectivity index (χ1) is 17.3. The fraction of sp³-hybridized carbons (Fsp3) is 0. The van der Waals surface area contributed by atoms with Crippen molar-refractivity contribution in [1.29, 1.82) is 0 Å². The number of aromatic nitrogens is 5. The van der Waals surface area contributed by atoms with E-state index in [-0.39, 0.29) is 0 Å². The van der Waals surface area contributed by atoms with Crippen molar-refractivity contribution < 1.29 is 0 Å². The molecule has 0 spiro atoms. The predicted molar refractivity (Wildman–Crippen MR) is 140 cm³/mol. The lowest BCUT2D eigenvalue weighted by molar-refractivity contribution is 1.19. The standard InChI is InChI=1S/C30H19N5/c1-2-12-23-22(11-1)28(34-30-29(23)33-27-16-4-6-18-35(27)30)21-10-7-9-20(19-21)24-14-8-15-26(32-24)25-13-3-5-17-31-25/h1-19H. The maximum atomic E-state index is 5.13. The first-order valence-electron chi connectivity index (χ1n) is 11.5. The molecule has 0 aliphatic carbocycles. The average molecular weight is 450 g/mol. The van der Waals surface area contributed by atoms with E-state index in [4.69, 9.17) is 15.0 Å². The lowest BCUT2D eigenvalue weighted by Crippen LogP contribution is -1.93. The van der Waals surface area contributed by atoms with Crippen LogP contribution in [0, 0.1) is 0 Å². The van der Waals surface area contributed by atoms with Gasteiger partial charge < -0.3 is 0 Å². The van der Waals surface area contributed by atoms with Gasteiger partial charge in [-0.15, -0.1) is 0 Å². The Hall–Kier alpha value is -4.90. The Bertz CT molecular complexity index is 1850. The molecule has 0 aliphatic heterocycles. The van der Waals surface area contributed by atoms with Gasteiger partial charge >= 0.3 is 0 Å². The average Bonchev–Trinajstić information content (AvgIpc) is 3.32. The molecule has 5 heterocycles. The van der Waals surface area contributed by atoms with E-state index >= 15 is 0 Å². The van der Waals surface area contributed by atoms with Crippen LogP contribution >= 0.6 is 0 Å². The molecule has 7 aromatic rings. The van der Waals surface area contributed by atoms with Gasteiger partial charge in [0.2, 0.25) is 0 Å². The zero-order chi connectivity index (χ0) is 23.2. The molecule has 164 valence electrons. The molecule has 35 heavy (non-hydrogen) atoms. The predicted octanol–water partition coefficient (Wildman–Crippen LogP) is 6.83. The highest BCUT2D eigenvalue weighted by Gasteiger charge is 2.15. The van der Waals surface area contributed by atoms with Crippen LogP contribution in [0.1, 0.15) is 0 Å². The third kappa shape index (κ3) is 3.25. The summed E-state index contributed by atoms with van der Waals surface area (Å²) in [5.74, 6) is 0. The van der Waals surface area contributed by atoms with Crippen molar-refractivity contribution in [2.24, 2.45) is 0 Å². The molecule has 2 aromatic carbocycles. The van der Waals surface area contributed by atoms with Gasteiger partial charge in [-0.25, -0.2) is 15.0 Å². The largest absolute Gasteiger partial charge is 0.284 e. The Morgan fingerprint density at radius 2 is 1.31 bits per heavy atom. The highest BCUT2D eigenvalue weighted by Crippen LogP contribution is 2.34. The van der Waals surface area contributed by atoms with E-state index in [0.717, 1.165) is 61.5 Å². The Labute approximate surface area is 201 Å². The van der Waals surface area contributed by atoms with E-state index in [0.29, 0.717) is 0 Å². The van der Waals surface area contributed by atoms with E-state index in [9.17, 15) is 0 Å². The van der Waals surface area contributed by atoms with Crippen LogP contribution in [0.25, 0.3) is 61.5 Å². The summed E-state index contributed by atoms with van der Waals surface area (Å²) >= 11 is 0. The fourth-order valence-corrected chi connectivity index (χ4v) is 4.63. The van der Waals surface area contributed by atoms with Gasteiger partial charge in [0.15, 0.2) is 5.65 Å². The van der Waals surface area contributed by atoms with Gasteiger partial charge in [-0.1, -0.05) is 60.7 Å². The first-order valence-corrected chi connectivity index (χ1v) is 11.5. The zero-order valence-electron chi connectivity index (χ0n) is 18.7. The van der Waals surface area contributed by atoms with Crippen molar-refractivity contribution in [2.75, 3.05) is 0 Å². The molecule has 0 amide bonds. The molecule has 5 aromatic heterocycles. The molecule has 0 unspecified atom stereocenters.